The van der Waals surface area contributed by atoms with Gasteiger partial charge in [0, 0.05) is 16.0 Å². The molecule has 0 aliphatic carbocycles. The zero-order chi connectivity index (χ0) is 25.9. The van der Waals surface area contributed by atoms with Gasteiger partial charge >= 0.3 is 0 Å². The van der Waals surface area contributed by atoms with E-state index in [1.807, 2.05) is 0 Å². The molecule has 0 saturated carbocycles. The van der Waals surface area contributed by atoms with Crippen molar-refractivity contribution >= 4 is 40.0 Å². The normalized spacial score (nSPS) is 16.7. The van der Waals surface area contributed by atoms with Crippen molar-refractivity contribution in [2.24, 2.45) is 0 Å². The van der Waals surface area contributed by atoms with Crippen molar-refractivity contribution in [3.63, 3.8) is 0 Å². The van der Waals surface area contributed by atoms with Crippen LogP contribution in [0.25, 0.3) is 22.4 Å². The van der Waals surface area contributed by atoms with E-state index >= 15 is 0 Å². The van der Waals surface area contributed by atoms with Crippen molar-refractivity contribution in [3.8, 4) is 17.3 Å². The van der Waals surface area contributed by atoms with Crippen molar-refractivity contribution < 1.29 is 14.3 Å². The van der Waals surface area contributed by atoms with E-state index in [1.165, 1.54) is 18.2 Å². The quantitative estimate of drug-likeness (QED) is 0.314. The number of nitrogens with zero attached hydrogens (tertiary/aromatic N) is 4. The third-order valence-electron chi connectivity index (χ3n) is 6.77. The average molecular weight is 515 g/mol. The fourth-order valence-corrected chi connectivity index (χ4v) is 4.97. The first-order valence-corrected chi connectivity index (χ1v) is 11.8. The molecule has 10 heteroatoms. The summed E-state index contributed by atoms with van der Waals surface area (Å²) in [5, 5.41) is 18.4. The Balaban J connectivity index is 1.50. The monoisotopic (exact) mass is 514 g/mol. The lowest BCUT2D eigenvalue weighted by atomic mass is 9.78. The number of nitrogen functional groups attached to an aromatic ring is 1. The fraction of sp³-hybridized carbons (Fsp3) is 0.111. The molecule has 3 heterocycles. The molecule has 2 aromatic heterocycles. The second-order valence-corrected chi connectivity index (χ2v) is 9.48. The highest BCUT2D eigenvalue weighted by Crippen LogP contribution is 2.45. The van der Waals surface area contributed by atoms with E-state index in [1.54, 1.807) is 60.1 Å². The van der Waals surface area contributed by atoms with Gasteiger partial charge < -0.3 is 16.2 Å². The number of nitrogens with two attached hydrogens (primary N) is 1. The number of rotatable bonds is 4. The van der Waals surface area contributed by atoms with E-state index in [0.717, 1.165) is 0 Å². The molecule has 1 unspecified atom stereocenters. The fourth-order valence-electron chi connectivity index (χ4n) is 4.80. The first-order valence-electron chi connectivity index (χ1n) is 11.4. The first-order chi connectivity index (χ1) is 17.8. The van der Waals surface area contributed by atoms with Crippen LogP contribution in [-0.4, -0.2) is 30.8 Å². The van der Waals surface area contributed by atoms with Gasteiger partial charge in [-0.15, -0.1) is 0 Å². The van der Waals surface area contributed by atoms with E-state index in [4.69, 9.17) is 22.4 Å². The summed E-state index contributed by atoms with van der Waals surface area (Å²) in [6.07, 6.45) is 0. The third-order valence-corrected chi connectivity index (χ3v) is 7.01. The van der Waals surface area contributed by atoms with Crippen LogP contribution in [0.15, 0.2) is 66.7 Å². The number of phenolic OH excluding ortho intramolecular Hbond substituents is 1. The largest absolute Gasteiger partial charge is 0.508 e. The number of benzene rings is 3. The number of aromatic hydroxyl groups is 1. The van der Waals surface area contributed by atoms with Crippen LogP contribution in [-0.2, 0) is 16.8 Å². The Bertz CT molecular complexity index is 1720. The number of hydrogen-bond donors (Lipinski definition) is 3. The number of fused-ring (bicyclic) bond motifs is 2. The summed E-state index contributed by atoms with van der Waals surface area (Å²) in [6.45, 7) is 1.90. The van der Waals surface area contributed by atoms with Crippen molar-refractivity contribution in [1.82, 2.24) is 19.7 Å². The Hall–Kier alpha value is -4.50. The molecule has 1 amide bonds. The molecule has 0 bridgehead atoms. The maximum atomic E-state index is 14.4. The van der Waals surface area contributed by atoms with E-state index < -0.39 is 5.41 Å². The Labute approximate surface area is 215 Å². The van der Waals surface area contributed by atoms with Crippen molar-refractivity contribution in [1.29, 1.82) is 0 Å². The van der Waals surface area contributed by atoms with Gasteiger partial charge in [-0.05, 0) is 48.9 Å². The molecule has 0 radical (unpaired) electrons. The molecule has 37 heavy (non-hydrogen) atoms. The lowest BCUT2D eigenvalue weighted by Crippen LogP contribution is -2.32. The van der Waals surface area contributed by atoms with Gasteiger partial charge in [-0.1, -0.05) is 41.9 Å². The standard InChI is InChI=1S/C27H20ClFN6O2/c1-27(15-6-9-17(36)10-7-15)21-23(30)31-25(32-24(21)33-26(27)37)22-18-11-8-16(28)12-20(18)35(34-22)13-14-4-2-3-5-19(14)29/h2-12,36H,13H2,1H3,(H3,30,31,32,33,37). The second-order valence-electron chi connectivity index (χ2n) is 9.04. The van der Waals surface area contributed by atoms with Crippen LogP contribution in [0.1, 0.15) is 23.6 Å². The van der Waals surface area contributed by atoms with Gasteiger partial charge in [0.25, 0.3) is 0 Å². The van der Waals surface area contributed by atoms with E-state index in [0.29, 0.717) is 38.3 Å². The molecule has 5 aromatic rings. The van der Waals surface area contributed by atoms with Crippen molar-refractivity contribution in [2.45, 2.75) is 18.9 Å². The molecule has 6 rings (SSSR count). The van der Waals surface area contributed by atoms with Crippen LogP contribution in [0.2, 0.25) is 5.02 Å². The predicted octanol–water partition coefficient (Wildman–Crippen LogP) is 4.88. The molecule has 8 nitrogen and oxygen atoms in total. The summed E-state index contributed by atoms with van der Waals surface area (Å²) in [5.74, 6) is 0.0557. The highest BCUT2D eigenvalue weighted by atomic mass is 35.5. The number of hydrogen-bond acceptors (Lipinski definition) is 6. The minimum Gasteiger partial charge on any atom is -0.508 e. The molecular weight excluding hydrogens is 495 g/mol. The van der Waals surface area contributed by atoms with E-state index in [2.05, 4.69) is 15.3 Å². The molecular formula is C27H20ClFN6O2. The summed E-state index contributed by atoms with van der Waals surface area (Å²) < 4.78 is 16.0. The molecule has 4 N–H and O–H groups in total. The molecule has 1 atom stereocenters. The Morgan fingerprint density at radius 3 is 2.62 bits per heavy atom. The number of amides is 1. The Morgan fingerprint density at radius 2 is 1.86 bits per heavy atom. The number of anilines is 2. The predicted molar refractivity (Wildman–Crippen MR) is 139 cm³/mol. The lowest BCUT2D eigenvalue weighted by molar-refractivity contribution is -0.119. The highest BCUT2D eigenvalue weighted by molar-refractivity contribution is 6.31. The van der Waals surface area contributed by atoms with E-state index in [9.17, 15) is 14.3 Å². The van der Waals surface area contributed by atoms with Crippen LogP contribution in [0.3, 0.4) is 0 Å². The summed E-state index contributed by atoms with van der Waals surface area (Å²) in [6, 6.07) is 18.1. The third kappa shape index (κ3) is 3.58. The number of nitrogens with one attached hydrogen (secondary N) is 1. The zero-order valence-corrected chi connectivity index (χ0v) is 20.3. The molecule has 3 aromatic carbocycles. The maximum Gasteiger partial charge on any atom is 0.240 e. The SMILES string of the molecule is CC1(c2ccc(O)cc2)C(=O)Nc2nc(-c3nn(Cc4ccccc4F)c4cc(Cl)ccc34)nc(N)c21. The van der Waals surface area contributed by atoms with Gasteiger partial charge in [-0.3, -0.25) is 9.48 Å². The van der Waals surface area contributed by atoms with Crippen LogP contribution >= 0.6 is 11.6 Å². The molecule has 0 fully saturated rings. The van der Waals surface area contributed by atoms with Gasteiger partial charge in [-0.25, -0.2) is 14.4 Å². The highest BCUT2D eigenvalue weighted by Gasteiger charge is 2.47. The van der Waals surface area contributed by atoms with E-state index in [-0.39, 0.29) is 41.5 Å². The van der Waals surface area contributed by atoms with Crippen LogP contribution in [0.4, 0.5) is 16.0 Å². The topological polar surface area (TPSA) is 119 Å². The Kier molecular flexibility index (Phi) is 5.13. The van der Waals surface area contributed by atoms with Crippen LogP contribution in [0.5, 0.6) is 5.75 Å². The van der Waals surface area contributed by atoms with Gasteiger partial charge in [0.15, 0.2) is 5.82 Å². The molecule has 184 valence electrons. The van der Waals surface area contributed by atoms with Gasteiger partial charge in [0.2, 0.25) is 5.91 Å². The Morgan fingerprint density at radius 1 is 1.11 bits per heavy atom. The number of halogens is 2. The zero-order valence-electron chi connectivity index (χ0n) is 19.5. The summed E-state index contributed by atoms with van der Waals surface area (Å²) in [5.41, 5.74) is 7.93. The molecule has 1 aliphatic rings. The molecule has 0 saturated heterocycles. The summed E-state index contributed by atoms with van der Waals surface area (Å²) >= 11 is 6.27. The smallest absolute Gasteiger partial charge is 0.240 e. The second kappa shape index (κ2) is 8.28. The number of aromatic nitrogens is 4. The van der Waals surface area contributed by atoms with Crippen LogP contribution in [0, 0.1) is 5.82 Å². The number of carbonyl (C=O) groups excluding carboxylic acids is 1. The molecule has 1 aliphatic heterocycles. The number of phenols is 1. The summed E-state index contributed by atoms with van der Waals surface area (Å²) in [7, 11) is 0. The van der Waals surface area contributed by atoms with Gasteiger partial charge in [0.1, 0.15) is 34.3 Å². The maximum absolute atomic E-state index is 14.4. The van der Waals surface area contributed by atoms with Crippen molar-refractivity contribution in [2.75, 3.05) is 11.1 Å². The first kappa shape index (κ1) is 22.9. The van der Waals surface area contributed by atoms with Gasteiger partial charge in [0.05, 0.1) is 17.6 Å². The summed E-state index contributed by atoms with van der Waals surface area (Å²) in [4.78, 5) is 22.3. The molecule has 0 spiro atoms. The van der Waals surface area contributed by atoms with Gasteiger partial charge in [-0.2, -0.15) is 5.10 Å². The minimum atomic E-state index is -1.15. The average Bonchev–Trinajstić information content (AvgIpc) is 3.35. The number of carbonyl (C=O) groups is 1. The lowest BCUT2D eigenvalue weighted by Gasteiger charge is -2.23. The minimum absolute atomic E-state index is 0.0866. The van der Waals surface area contributed by atoms with Crippen LogP contribution < -0.4 is 11.1 Å². The van der Waals surface area contributed by atoms with Crippen molar-refractivity contribution in [3.05, 3.63) is 94.3 Å².